The van der Waals surface area contributed by atoms with E-state index in [1.165, 1.54) is 11.1 Å². The molecular formula is C17H29IN4O. The van der Waals surface area contributed by atoms with Gasteiger partial charge in [-0.15, -0.1) is 24.0 Å². The zero-order chi connectivity index (χ0) is 15.6. The SMILES string of the molecule is CCCNC(=NC)NCc1ccccc1CN1CCOCC1.I. The summed E-state index contributed by atoms with van der Waals surface area (Å²) in [5.74, 6) is 0.864. The van der Waals surface area contributed by atoms with Crippen LogP contribution < -0.4 is 10.6 Å². The molecule has 2 rings (SSSR count). The fourth-order valence-electron chi connectivity index (χ4n) is 2.53. The molecule has 23 heavy (non-hydrogen) atoms. The van der Waals surface area contributed by atoms with E-state index in [-0.39, 0.29) is 24.0 Å². The van der Waals surface area contributed by atoms with Gasteiger partial charge in [0, 0.05) is 39.8 Å². The Morgan fingerprint density at radius 2 is 1.87 bits per heavy atom. The Labute approximate surface area is 156 Å². The van der Waals surface area contributed by atoms with Gasteiger partial charge in [-0.25, -0.2) is 0 Å². The van der Waals surface area contributed by atoms with Crippen LogP contribution in [-0.4, -0.2) is 50.8 Å². The van der Waals surface area contributed by atoms with Gasteiger partial charge in [0.2, 0.25) is 0 Å². The molecule has 1 saturated heterocycles. The second kappa shape index (κ2) is 11.6. The van der Waals surface area contributed by atoms with Crippen LogP contribution in [-0.2, 0) is 17.8 Å². The number of halogens is 1. The van der Waals surface area contributed by atoms with E-state index in [0.717, 1.165) is 58.3 Å². The average molecular weight is 432 g/mol. The number of hydrogen-bond donors (Lipinski definition) is 2. The minimum absolute atomic E-state index is 0. The Hall–Kier alpha value is -0.860. The molecule has 1 aliphatic heterocycles. The Morgan fingerprint density at radius 3 is 2.52 bits per heavy atom. The summed E-state index contributed by atoms with van der Waals surface area (Å²) in [5, 5.41) is 6.70. The van der Waals surface area contributed by atoms with Gasteiger partial charge >= 0.3 is 0 Å². The molecule has 0 bridgehead atoms. The van der Waals surface area contributed by atoms with Crippen molar-refractivity contribution < 1.29 is 4.74 Å². The second-order valence-electron chi connectivity index (χ2n) is 5.51. The maximum absolute atomic E-state index is 5.42. The first-order valence-electron chi connectivity index (χ1n) is 8.15. The number of nitrogens with one attached hydrogen (secondary N) is 2. The van der Waals surface area contributed by atoms with Gasteiger partial charge in [-0.2, -0.15) is 0 Å². The highest BCUT2D eigenvalue weighted by molar-refractivity contribution is 14.0. The second-order valence-corrected chi connectivity index (χ2v) is 5.51. The molecule has 1 fully saturated rings. The van der Waals surface area contributed by atoms with Crippen LogP contribution in [0.1, 0.15) is 24.5 Å². The number of hydrogen-bond acceptors (Lipinski definition) is 3. The number of ether oxygens (including phenoxy) is 1. The van der Waals surface area contributed by atoms with Crippen molar-refractivity contribution in [3.8, 4) is 0 Å². The van der Waals surface area contributed by atoms with Gasteiger partial charge in [0.05, 0.1) is 13.2 Å². The van der Waals surface area contributed by atoms with Gasteiger partial charge in [0.15, 0.2) is 5.96 Å². The predicted molar refractivity (Wildman–Crippen MR) is 106 cm³/mol. The zero-order valence-electron chi connectivity index (χ0n) is 14.2. The summed E-state index contributed by atoms with van der Waals surface area (Å²) in [7, 11) is 1.81. The fraction of sp³-hybridized carbons (Fsp3) is 0.588. The molecule has 1 heterocycles. The first-order chi connectivity index (χ1) is 10.8. The molecule has 0 aromatic heterocycles. The van der Waals surface area contributed by atoms with Crippen molar-refractivity contribution in [2.75, 3.05) is 39.9 Å². The molecule has 0 amide bonds. The highest BCUT2D eigenvalue weighted by Crippen LogP contribution is 2.12. The molecule has 0 radical (unpaired) electrons. The lowest BCUT2D eigenvalue weighted by Gasteiger charge is -2.27. The highest BCUT2D eigenvalue weighted by atomic mass is 127. The topological polar surface area (TPSA) is 48.9 Å². The van der Waals surface area contributed by atoms with Crippen molar-refractivity contribution in [2.24, 2.45) is 4.99 Å². The van der Waals surface area contributed by atoms with Gasteiger partial charge < -0.3 is 15.4 Å². The van der Waals surface area contributed by atoms with Crippen molar-refractivity contribution in [1.29, 1.82) is 0 Å². The summed E-state index contributed by atoms with van der Waals surface area (Å²) < 4.78 is 5.42. The lowest BCUT2D eigenvalue weighted by molar-refractivity contribution is 0.0341. The van der Waals surface area contributed by atoms with Crippen LogP contribution >= 0.6 is 24.0 Å². The largest absolute Gasteiger partial charge is 0.379 e. The van der Waals surface area contributed by atoms with Gasteiger partial charge in [0.25, 0.3) is 0 Å². The van der Waals surface area contributed by atoms with Crippen LogP contribution in [0.5, 0.6) is 0 Å². The highest BCUT2D eigenvalue weighted by Gasteiger charge is 2.12. The molecule has 0 saturated carbocycles. The van der Waals surface area contributed by atoms with Crippen molar-refractivity contribution >= 4 is 29.9 Å². The van der Waals surface area contributed by atoms with Crippen LogP contribution in [0.25, 0.3) is 0 Å². The molecule has 1 aliphatic rings. The first-order valence-corrected chi connectivity index (χ1v) is 8.15. The fourth-order valence-corrected chi connectivity index (χ4v) is 2.53. The van der Waals surface area contributed by atoms with Crippen LogP contribution in [0.4, 0.5) is 0 Å². The van der Waals surface area contributed by atoms with E-state index >= 15 is 0 Å². The standard InChI is InChI=1S/C17H28N4O.HI/c1-3-8-19-17(18-2)20-13-15-6-4-5-7-16(15)14-21-9-11-22-12-10-21;/h4-7H,3,8-14H2,1-2H3,(H2,18,19,20);1H. The molecule has 6 heteroatoms. The summed E-state index contributed by atoms with van der Waals surface area (Å²) in [6.45, 7) is 8.59. The normalized spacial score (nSPS) is 15.8. The van der Waals surface area contributed by atoms with E-state index in [4.69, 9.17) is 4.74 Å². The van der Waals surface area contributed by atoms with Crippen LogP contribution in [0.3, 0.4) is 0 Å². The number of rotatable bonds is 6. The number of morpholine rings is 1. The summed E-state index contributed by atoms with van der Waals surface area (Å²) in [6.07, 6.45) is 1.09. The summed E-state index contributed by atoms with van der Waals surface area (Å²) >= 11 is 0. The van der Waals surface area contributed by atoms with E-state index in [9.17, 15) is 0 Å². The van der Waals surface area contributed by atoms with Gasteiger partial charge in [-0.1, -0.05) is 31.2 Å². The van der Waals surface area contributed by atoms with Crippen molar-refractivity contribution in [3.05, 3.63) is 35.4 Å². The molecule has 0 spiro atoms. The summed E-state index contributed by atoms with van der Waals surface area (Å²) in [6, 6.07) is 8.62. The number of benzene rings is 1. The molecule has 0 atom stereocenters. The Bertz CT molecular complexity index is 475. The van der Waals surface area contributed by atoms with Crippen molar-refractivity contribution in [3.63, 3.8) is 0 Å². The van der Waals surface area contributed by atoms with E-state index in [2.05, 4.69) is 51.7 Å². The first kappa shape index (κ1) is 20.2. The Morgan fingerprint density at radius 1 is 1.17 bits per heavy atom. The average Bonchev–Trinajstić information content (AvgIpc) is 2.57. The third-order valence-electron chi connectivity index (χ3n) is 3.83. The summed E-state index contributed by atoms with van der Waals surface area (Å²) in [4.78, 5) is 6.70. The third-order valence-corrected chi connectivity index (χ3v) is 3.83. The van der Waals surface area contributed by atoms with Crippen LogP contribution in [0.2, 0.25) is 0 Å². The minimum atomic E-state index is 0. The van der Waals surface area contributed by atoms with Crippen LogP contribution in [0.15, 0.2) is 29.3 Å². The van der Waals surface area contributed by atoms with Crippen molar-refractivity contribution in [1.82, 2.24) is 15.5 Å². The number of aliphatic imine (C=N–C) groups is 1. The smallest absolute Gasteiger partial charge is 0.191 e. The van der Waals surface area contributed by atoms with Crippen molar-refractivity contribution in [2.45, 2.75) is 26.4 Å². The minimum Gasteiger partial charge on any atom is -0.379 e. The number of guanidine groups is 1. The van der Waals surface area contributed by atoms with E-state index in [1.54, 1.807) is 0 Å². The zero-order valence-corrected chi connectivity index (χ0v) is 16.5. The lowest BCUT2D eigenvalue weighted by Crippen LogP contribution is -2.38. The van der Waals surface area contributed by atoms with E-state index in [1.807, 2.05) is 7.05 Å². The molecule has 2 N–H and O–H groups in total. The number of nitrogens with zero attached hydrogens (tertiary/aromatic N) is 2. The monoisotopic (exact) mass is 432 g/mol. The van der Waals surface area contributed by atoms with Gasteiger partial charge in [0.1, 0.15) is 0 Å². The van der Waals surface area contributed by atoms with E-state index < -0.39 is 0 Å². The van der Waals surface area contributed by atoms with Crippen LogP contribution in [0, 0.1) is 0 Å². The quantitative estimate of drug-likeness (QED) is 0.411. The molecule has 5 nitrogen and oxygen atoms in total. The Kier molecular flexibility index (Phi) is 10.2. The lowest BCUT2D eigenvalue weighted by atomic mass is 10.1. The van der Waals surface area contributed by atoms with Gasteiger partial charge in [-0.3, -0.25) is 9.89 Å². The molecular weight excluding hydrogens is 403 g/mol. The third kappa shape index (κ3) is 7.05. The molecule has 130 valence electrons. The van der Waals surface area contributed by atoms with E-state index in [0.29, 0.717) is 0 Å². The molecule has 0 aliphatic carbocycles. The summed E-state index contributed by atoms with van der Waals surface area (Å²) in [5.41, 5.74) is 2.70. The maximum atomic E-state index is 5.42. The molecule has 0 unspecified atom stereocenters. The molecule has 1 aromatic rings. The Balaban J connectivity index is 0.00000264. The van der Waals surface area contributed by atoms with Gasteiger partial charge in [-0.05, 0) is 17.5 Å². The molecule has 1 aromatic carbocycles. The maximum Gasteiger partial charge on any atom is 0.191 e. The predicted octanol–water partition coefficient (Wildman–Crippen LogP) is 2.21.